The largest absolute Gasteiger partial charge is 0.382 e. The lowest BCUT2D eigenvalue weighted by Gasteiger charge is -1.86. The molecule has 16 heavy (non-hydrogen) atoms. The maximum absolute atomic E-state index is 5.38. The Bertz CT molecular complexity index is 346. The number of nitrogen functional groups attached to an aromatic ring is 2. The van der Waals surface area contributed by atoms with Gasteiger partial charge in [0.15, 0.2) is 5.15 Å². The summed E-state index contributed by atoms with van der Waals surface area (Å²) in [5.41, 5.74) is 10.4. The number of aromatic nitrogens is 4. The Morgan fingerprint density at radius 1 is 0.875 bits per heavy atom. The van der Waals surface area contributed by atoms with Gasteiger partial charge >= 0.3 is 0 Å². The molecule has 0 fully saturated rings. The Hall–Kier alpha value is -1.22. The molecule has 0 aliphatic rings. The Balaban J connectivity index is 0.000000160. The number of nitrogens with zero attached hydrogens (tertiary/aromatic N) is 4. The minimum atomic E-state index is 0.360. The molecule has 0 saturated heterocycles. The fourth-order valence-corrected chi connectivity index (χ4v) is 1.04. The lowest BCUT2D eigenvalue weighted by atomic mass is 10.5. The molecule has 2 aromatic heterocycles. The summed E-state index contributed by atoms with van der Waals surface area (Å²) in [7, 11) is 0. The molecule has 0 bridgehead atoms. The average molecular weight is 351 g/mol. The minimum absolute atomic E-state index is 0.360. The Morgan fingerprint density at radius 2 is 1.44 bits per heavy atom. The number of rotatable bonds is 0. The van der Waals surface area contributed by atoms with E-state index in [0.717, 1.165) is 3.70 Å². The van der Waals surface area contributed by atoms with Crippen molar-refractivity contribution in [3.05, 3.63) is 33.1 Å². The van der Waals surface area contributed by atoms with Crippen molar-refractivity contribution in [1.82, 2.24) is 20.4 Å². The molecule has 0 saturated carbocycles. The Labute approximate surface area is 111 Å². The topological polar surface area (TPSA) is 104 Å². The molecule has 0 aliphatic carbocycles. The first-order valence-corrected chi connectivity index (χ1v) is 5.53. The van der Waals surface area contributed by atoms with Gasteiger partial charge in [-0.1, -0.05) is 11.6 Å². The number of halogens is 2. The third-order valence-electron chi connectivity index (χ3n) is 1.31. The summed E-state index contributed by atoms with van der Waals surface area (Å²) in [5, 5.41) is 14.6. The van der Waals surface area contributed by atoms with Crippen LogP contribution in [0.25, 0.3) is 0 Å². The van der Waals surface area contributed by atoms with Gasteiger partial charge in [-0.25, -0.2) is 0 Å². The van der Waals surface area contributed by atoms with Crippen molar-refractivity contribution in [3.63, 3.8) is 0 Å². The van der Waals surface area contributed by atoms with Crippen LogP contribution in [0, 0.1) is 3.70 Å². The summed E-state index contributed by atoms with van der Waals surface area (Å²) in [6, 6.07) is 6.71. The van der Waals surface area contributed by atoms with Gasteiger partial charge in [0.25, 0.3) is 0 Å². The average Bonchev–Trinajstić information content (AvgIpc) is 2.28. The van der Waals surface area contributed by atoms with Crippen molar-refractivity contribution in [2.75, 3.05) is 11.5 Å². The van der Waals surface area contributed by atoms with Gasteiger partial charge in [0.1, 0.15) is 15.3 Å². The van der Waals surface area contributed by atoms with Crippen LogP contribution < -0.4 is 11.5 Å². The second kappa shape index (κ2) is 6.38. The van der Waals surface area contributed by atoms with E-state index in [1.54, 1.807) is 18.2 Å². The van der Waals surface area contributed by atoms with Crippen molar-refractivity contribution in [3.8, 4) is 0 Å². The zero-order chi connectivity index (χ0) is 12.0. The van der Waals surface area contributed by atoms with Gasteiger partial charge in [0.05, 0.1) is 0 Å². The number of anilines is 2. The van der Waals surface area contributed by atoms with Crippen LogP contribution >= 0.6 is 34.2 Å². The van der Waals surface area contributed by atoms with Crippen molar-refractivity contribution < 1.29 is 0 Å². The van der Waals surface area contributed by atoms with E-state index in [1.807, 2.05) is 6.07 Å². The first-order valence-electron chi connectivity index (χ1n) is 4.07. The van der Waals surface area contributed by atoms with Gasteiger partial charge in [0, 0.05) is 0 Å². The first-order chi connectivity index (χ1) is 7.58. The number of hydrogen-bond donors (Lipinski definition) is 2. The van der Waals surface area contributed by atoms with E-state index in [1.165, 1.54) is 0 Å². The smallest absolute Gasteiger partial charge is 0.151 e. The Morgan fingerprint density at radius 3 is 1.75 bits per heavy atom. The van der Waals surface area contributed by atoms with Crippen LogP contribution in [-0.2, 0) is 0 Å². The second-order valence-corrected chi connectivity index (χ2v) is 4.05. The highest BCUT2D eigenvalue weighted by Crippen LogP contribution is 2.01. The zero-order valence-corrected chi connectivity index (χ0v) is 10.9. The number of hydrogen-bond acceptors (Lipinski definition) is 6. The summed E-state index contributed by atoms with van der Waals surface area (Å²) < 4.78 is 0.858. The third kappa shape index (κ3) is 5.03. The second-order valence-electron chi connectivity index (χ2n) is 2.56. The van der Waals surface area contributed by atoms with Crippen LogP contribution in [0.3, 0.4) is 0 Å². The van der Waals surface area contributed by atoms with Crippen LogP contribution in [0.5, 0.6) is 0 Å². The SMILES string of the molecule is Nc1ccc(Cl)nn1.Nc1ccc(I)nn1. The maximum Gasteiger partial charge on any atom is 0.151 e. The van der Waals surface area contributed by atoms with Crippen LogP contribution in [-0.4, -0.2) is 20.4 Å². The predicted molar refractivity (Wildman–Crippen MR) is 70.6 cm³/mol. The van der Waals surface area contributed by atoms with Crippen LogP contribution in [0.1, 0.15) is 0 Å². The zero-order valence-electron chi connectivity index (χ0n) is 8.01. The van der Waals surface area contributed by atoms with Gasteiger partial charge in [-0.2, -0.15) is 0 Å². The molecule has 8 heteroatoms. The highest BCUT2D eigenvalue weighted by molar-refractivity contribution is 14.1. The van der Waals surface area contributed by atoms with E-state index in [9.17, 15) is 0 Å². The molecule has 2 rings (SSSR count). The lowest BCUT2D eigenvalue weighted by Crippen LogP contribution is -1.92. The van der Waals surface area contributed by atoms with Crippen LogP contribution in [0.15, 0.2) is 24.3 Å². The summed E-state index contributed by atoms with van der Waals surface area (Å²) in [5.74, 6) is 0.847. The maximum atomic E-state index is 5.38. The van der Waals surface area contributed by atoms with E-state index >= 15 is 0 Å². The summed E-state index contributed by atoms with van der Waals surface area (Å²) in [6.45, 7) is 0. The quantitative estimate of drug-likeness (QED) is 0.696. The lowest BCUT2D eigenvalue weighted by molar-refractivity contribution is 1.01. The Kier molecular flexibility index (Phi) is 5.12. The van der Waals surface area contributed by atoms with Crippen molar-refractivity contribution in [2.24, 2.45) is 0 Å². The molecule has 0 atom stereocenters. The van der Waals surface area contributed by atoms with Gasteiger partial charge in [-0.3, -0.25) is 0 Å². The molecule has 0 amide bonds. The van der Waals surface area contributed by atoms with Gasteiger partial charge in [-0.05, 0) is 46.9 Å². The molecule has 2 heterocycles. The molecule has 0 radical (unpaired) electrons. The first kappa shape index (κ1) is 12.8. The van der Waals surface area contributed by atoms with E-state index in [-0.39, 0.29) is 0 Å². The predicted octanol–water partition coefficient (Wildman–Crippen LogP) is 1.38. The highest BCUT2D eigenvalue weighted by atomic mass is 127. The molecular weight excluding hydrogens is 342 g/mol. The molecule has 0 aliphatic heterocycles. The fraction of sp³-hybridized carbons (Fsp3) is 0. The van der Waals surface area contributed by atoms with Crippen molar-refractivity contribution in [2.45, 2.75) is 0 Å². The molecule has 2 aromatic rings. The molecule has 0 aromatic carbocycles. The van der Waals surface area contributed by atoms with E-state index < -0.39 is 0 Å². The van der Waals surface area contributed by atoms with E-state index in [0.29, 0.717) is 16.8 Å². The van der Waals surface area contributed by atoms with Gasteiger partial charge in [0.2, 0.25) is 0 Å². The van der Waals surface area contributed by atoms with Crippen molar-refractivity contribution in [1.29, 1.82) is 0 Å². The molecule has 0 unspecified atom stereocenters. The molecule has 0 spiro atoms. The van der Waals surface area contributed by atoms with Gasteiger partial charge < -0.3 is 11.5 Å². The van der Waals surface area contributed by atoms with E-state index in [4.69, 9.17) is 23.1 Å². The highest BCUT2D eigenvalue weighted by Gasteiger charge is 1.86. The van der Waals surface area contributed by atoms with Crippen LogP contribution in [0.4, 0.5) is 11.6 Å². The number of nitrogens with two attached hydrogens (primary N) is 2. The summed E-state index contributed by atoms with van der Waals surface area (Å²) in [4.78, 5) is 0. The van der Waals surface area contributed by atoms with Crippen LogP contribution in [0.2, 0.25) is 5.15 Å². The fourth-order valence-electron chi connectivity index (χ4n) is 0.653. The summed E-state index contributed by atoms with van der Waals surface area (Å²) >= 11 is 7.45. The van der Waals surface area contributed by atoms with Crippen molar-refractivity contribution >= 4 is 45.8 Å². The molecular formula is C8H8ClIN6. The molecule has 84 valence electrons. The molecule has 6 nitrogen and oxygen atoms in total. The van der Waals surface area contributed by atoms with Gasteiger partial charge in [-0.15, -0.1) is 20.4 Å². The van der Waals surface area contributed by atoms with E-state index in [2.05, 4.69) is 43.0 Å². The standard InChI is InChI=1S/C4H4ClN3.C4H4IN3/c2*5-3-1-2-4(6)8-7-3/h2*1-2H,(H2,6,8). The molecule has 4 N–H and O–H groups in total. The normalized spacial score (nSPS) is 9.12. The monoisotopic (exact) mass is 350 g/mol. The minimum Gasteiger partial charge on any atom is -0.382 e. The summed E-state index contributed by atoms with van der Waals surface area (Å²) in [6.07, 6.45) is 0. The third-order valence-corrected chi connectivity index (χ3v) is 2.08.